The minimum Gasteiger partial charge on any atom is -0.391 e. The van der Waals surface area contributed by atoms with Gasteiger partial charge in [-0.25, -0.2) is 4.98 Å². The van der Waals surface area contributed by atoms with Crippen molar-refractivity contribution in [2.45, 2.75) is 0 Å². The molecule has 0 radical (unpaired) electrons. The molecule has 2 aromatic heterocycles. The molecule has 2 N–H and O–H groups in total. The highest BCUT2D eigenvalue weighted by Gasteiger charge is 1.99. The fourth-order valence-corrected chi connectivity index (χ4v) is 2.02. The number of hydrogen-bond donors (Lipinski definition) is 1. The Morgan fingerprint density at radius 3 is 2.92 bits per heavy atom. The van der Waals surface area contributed by atoms with Crippen LogP contribution < -0.4 is 5.73 Å². The number of pyridine rings is 1. The van der Waals surface area contributed by atoms with E-state index in [-0.39, 0.29) is 12.4 Å². The average molecular weight is 266 g/mol. The summed E-state index contributed by atoms with van der Waals surface area (Å²) in [5, 5.41) is 1.91. The topological polar surface area (TPSA) is 38.9 Å². The van der Waals surface area contributed by atoms with E-state index < -0.39 is 0 Å². The van der Waals surface area contributed by atoms with Crippen molar-refractivity contribution in [1.82, 2.24) is 4.98 Å². The summed E-state index contributed by atoms with van der Waals surface area (Å²) in [6.45, 7) is 0. The molecule has 0 atom stereocenters. The van der Waals surface area contributed by atoms with Crippen LogP contribution in [0.25, 0.3) is 10.2 Å². The first-order valence-corrected chi connectivity index (χ1v) is 4.67. The minimum atomic E-state index is 0. The zero-order valence-electron chi connectivity index (χ0n) is 5.95. The number of thiophene rings is 1. The number of nitrogen functional groups attached to an aromatic ring is 1. The van der Waals surface area contributed by atoms with E-state index in [0.29, 0.717) is 0 Å². The van der Waals surface area contributed by atoms with E-state index >= 15 is 0 Å². The molecule has 0 spiro atoms. The van der Waals surface area contributed by atoms with Crippen LogP contribution in [0.3, 0.4) is 0 Å². The molecule has 12 heavy (non-hydrogen) atoms. The highest BCUT2D eigenvalue weighted by Crippen LogP contribution is 2.27. The van der Waals surface area contributed by atoms with Crippen LogP contribution in [-0.4, -0.2) is 4.98 Å². The molecule has 0 amide bonds. The van der Waals surface area contributed by atoms with Crippen LogP contribution in [0.4, 0.5) is 5.00 Å². The third-order valence-electron chi connectivity index (χ3n) is 1.36. The molecule has 0 aliphatic rings. The summed E-state index contributed by atoms with van der Waals surface area (Å²) in [6, 6.07) is 3.94. The van der Waals surface area contributed by atoms with Gasteiger partial charge in [-0.05, 0) is 28.1 Å². The van der Waals surface area contributed by atoms with Crippen molar-refractivity contribution in [2.75, 3.05) is 5.73 Å². The van der Waals surface area contributed by atoms with Gasteiger partial charge in [0.1, 0.15) is 4.83 Å². The first-order chi connectivity index (χ1) is 5.25. The van der Waals surface area contributed by atoms with Crippen molar-refractivity contribution < 1.29 is 0 Å². The molecular weight excluding hydrogens is 260 g/mol. The Kier molecular flexibility index (Phi) is 2.93. The third-order valence-corrected chi connectivity index (χ3v) is 2.68. The van der Waals surface area contributed by atoms with Gasteiger partial charge < -0.3 is 5.73 Å². The van der Waals surface area contributed by atoms with Crippen molar-refractivity contribution in [3.63, 3.8) is 0 Å². The van der Waals surface area contributed by atoms with Gasteiger partial charge in [0.2, 0.25) is 0 Å². The molecule has 0 fully saturated rings. The maximum Gasteiger partial charge on any atom is 0.125 e. The lowest BCUT2D eigenvalue weighted by Crippen LogP contribution is -1.72. The predicted octanol–water partition coefficient (Wildman–Crippen LogP) is 3.06. The van der Waals surface area contributed by atoms with E-state index in [1.165, 1.54) is 11.3 Å². The molecule has 0 aromatic carbocycles. The zero-order valence-corrected chi connectivity index (χ0v) is 9.17. The lowest BCUT2D eigenvalue weighted by Gasteiger charge is -1.87. The number of nitrogens with zero attached hydrogens (tertiary/aromatic N) is 1. The van der Waals surface area contributed by atoms with Gasteiger partial charge in [0, 0.05) is 16.1 Å². The van der Waals surface area contributed by atoms with Crippen LogP contribution in [0.2, 0.25) is 0 Å². The number of hydrogen-bond acceptors (Lipinski definition) is 3. The molecule has 0 saturated heterocycles. The van der Waals surface area contributed by atoms with Gasteiger partial charge in [0.25, 0.3) is 0 Å². The van der Waals surface area contributed by atoms with Gasteiger partial charge in [-0.1, -0.05) is 11.3 Å². The van der Waals surface area contributed by atoms with Crippen molar-refractivity contribution >= 4 is 54.9 Å². The van der Waals surface area contributed by atoms with E-state index in [9.17, 15) is 0 Å². The summed E-state index contributed by atoms with van der Waals surface area (Å²) >= 11 is 4.85. The smallest absolute Gasteiger partial charge is 0.125 e. The van der Waals surface area contributed by atoms with Crippen LogP contribution in [0.1, 0.15) is 0 Å². The second kappa shape index (κ2) is 3.60. The molecule has 0 aliphatic heterocycles. The van der Waals surface area contributed by atoms with Gasteiger partial charge in [0.15, 0.2) is 0 Å². The molecule has 0 unspecified atom stereocenters. The number of anilines is 1. The Bertz CT molecular complexity index is 401. The van der Waals surface area contributed by atoms with Crippen LogP contribution in [0.15, 0.2) is 22.8 Å². The SMILES string of the molecule is Cl.Nc1cc2cc(Br)cnc2s1. The van der Waals surface area contributed by atoms with Gasteiger partial charge in [0.05, 0.1) is 5.00 Å². The van der Waals surface area contributed by atoms with E-state index in [1.807, 2.05) is 12.1 Å². The summed E-state index contributed by atoms with van der Waals surface area (Å²) in [5.74, 6) is 0. The number of rotatable bonds is 0. The van der Waals surface area contributed by atoms with Gasteiger partial charge in [-0.2, -0.15) is 0 Å². The summed E-state index contributed by atoms with van der Waals surface area (Å²) in [7, 11) is 0. The largest absolute Gasteiger partial charge is 0.391 e. The molecular formula is C7H6BrClN2S. The molecule has 0 bridgehead atoms. The fourth-order valence-electron chi connectivity index (χ4n) is 0.925. The van der Waals surface area contributed by atoms with Crippen LogP contribution in [0.5, 0.6) is 0 Å². The summed E-state index contributed by atoms with van der Waals surface area (Å²) in [6.07, 6.45) is 1.78. The average Bonchev–Trinajstić information content (AvgIpc) is 2.27. The van der Waals surface area contributed by atoms with E-state index in [2.05, 4.69) is 20.9 Å². The summed E-state index contributed by atoms with van der Waals surface area (Å²) in [4.78, 5) is 5.18. The highest BCUT2D eigenvalue weighted by atomic mass is 79.9. The number of halogens is 2. The van der Waals surface area contributed by atoms with Crippen molar-refractivity contribution in [2.24, 2.45) is 0 Å². The zero-order chi connectivity index (χ0) is 7.84. The van der Waals surface area contributed by atoms with Crippen molar-refractivity contribution in [3.05, 3.63) is 22.8 Å². The summed E-state index contributed by atoms with van der Waals surface area (Å²) < 4.78 is 0.989. The van der Waals surface area contributed by atoms with Crippen LogP contribution >= 0.6 is 39.7 Å². The standard InChI is InChI=1S/C7H5BrN2S.ClH/c8-5-1-4-2-6(9)11-7(4)10-3-5;/h1-3H,9H2;1H. The van der Waals surface area contributed by atoms with Crippen molar-refractivity contribution in [1.29, 1.82) is 0 Å². The number of aromatic nitrogens is 1. The number of fused-ring (bicyclic) bond motifs is 1. The molecule has 2 aromatic rings. The molecule has 2 nitrogen and oxygen atoms in total. The Morgan fingerprint density at radius 1 is 1.42 bits per heavy atom. The molecule has 0 saturated carbocycles. The van der Waals surface area contributed by atoms with Crippen LogP contribution in [0, 0.1) is 0 Å². The quantitative estimate of drug-likeness (QED) is 0.795. The molecule has 64 valence electrons. The number of nitrogens with two attached hydrogens (primary N) is 1. The van der Waals surface area contributed by atoms with Gasteiger partial charge in [-0.15, -0.1) is 12.4 Å². The Labute approximate surface area is 88.3 Å². The Morgan fingerprint density at radius 2 is 2.17 bits per heavy atom. The molecule has 5 heteroatoms. The van der Waals surface area contributed by atoms with Gasteiger partial charge >= 0.3 is 0 Å². The highest BCUT2D eigenvalue weighted by molar-refractivity contribution is 9.10. The lowest BCUT2D eigenvalue weighted by atomic mass is 10.3. The first-order valence-electron chi connectivity index (χ1n) is 3.06. The molecule has 0 aliphatic carbocycles. The Hall–Kier alpha value is -0.320. The monoisotopic (exact) mass is 264 g/mol. The van der Waals surface area contributed by atoms with Gasteiger partial charge in [-0.3, -0.25) is 0 Å². The minimum absolute atomic E-state index is 0. The predicted molar refractivity (Wildman–Crippen MR) is 59.0 cm³/mol. The lowest BCUT2D eigenvalue weighted by molar-refractivity contribution is 1.42. The second-order valence-electron chi connectivity index (χ2n) is 2.20. The summed E-state index contributed by atoms with van der Waals surface area (Å²) in [5.41, 5.74) is 5.60. The Balaban J connectivity index is 0.000000720. The van der Waals surface area contributed by atoms with E-state index in [1.54, 1.807) is 6.20 Å². The third kappa shape index (κ3) is 1.71. The van der Waals surface area contributed by atoms with E-state index in [0.717, 1.165) is 19.7 Å². The van der Waals surface area contributed by atoms with Crippen molar-refractivity contribution in [3.8, 4) is 0 Å². The second-order valence-corrected chi connectivity index (χ2v) is 4.17. The maximum atomic E-state index is 5.60. The maximum absolute atomic E-state index is 5.60. The van der Waals surface area contributed by atoms with E-state index in [4.69, 9.17) is 5.73 Å². The molecule has 2 rings (SSSR count). The van der Waals surface area contributed by atoms with Crippen LogP contribution in [-0.2, 0) is 0 Å². The first kappa shape index (κ1) is 9.77. The molecule has 2 heterocycles. The normalized spacial score (nSPS) is 9.75. The fraction of sp³-hybridized carbons (Fsp3) is 0.